The Balaban J connectivity index is 2.10. The third-order valence-corrected chi connectivity index (χ3v) is 4.38. The van der Waals surface area contributed by atoms with Gasteiger partial charge in [0.2, 0.25) is 0 Å². The van der Waals surface area contributed by atoms with Crippen LogP contribution in [0.2, 0.25) is 0 Å². The van der Waals surface area contributed by atoms with E-state index in [2.05, 4.69) is 89.2 Å². The van der Waals surface area contributed by atoms with Crippen LogP contribution in [0.25, 0.3) is 17.2 Å². The molecular weight excluding hydrogens is 252 g/mol. The molecular formula is C21H24. The Labute approximate surface area is 128 Å². The van der Waals surface area contributed by atoms with Gasteiger partial charge in [-0.25, -0.2) is 0 Å². The zero-order valence-electron chi connectivity index (χ0n) is 13.7. The summed E-state index contributed by atoms with van der Waals surface area (Å²) >= 11 is 0. The first-order valence-electron chi connectivity index (χ1n) is 7.73. The Kier molecular flexibility index (Phi) is 3.09. The fourth-order valence-electron chi connectivity index (χ4n) is 3.17. The maximum Gasteiger partial charge on any atom is 0.0159 e. The van der Waals surface area contributed by atoms with E-state index in [4.69, 9.17) is 0 Å². The summed E-state index contributed by atoms with van der Waals surface area (Å²) in [6, 6.07) is 15.7. The van der Waals surface area contributed by atoms with E-state index in [0.717, 1.165) is 0 Å². The van der Waals surface area contributed by atoms with Gasteiger partial charge < -0.3 is 0 Å². The van der Waals surface area contributed by atoms with Gasteiger partial charge in [0, 0.05) is 5.41 Å². The molecule has 21 heavy (non-hydrogen) atoms. The van der Waals surface area contributed by atoms with Crippen LogP contribution in [0, 0.1) is 5.41 Å². The zero-order valence-corrected chi connectivity index (χ0v) is 13.7. The molecule has 0 aromatic heterocycles. The Morgan fingerprint density at radius 3 is 2.24 bits per heavy atom. The number of allylic oxidation sites excluding steroid dienone is 1. The molecule has 1 aliphatic rings. The molecule has 0 spiro atoms. The van der Waals surface area contributed by atoms with Gasteiger partial charge in [-0.1, -0.05) is 89.2 Å². The standard InChI is InChI=1S/C21H24/c1-20(2,3)13-12-15-10-11-17-16-8-6-7-9-18(16)21(4,5)19(17)14-15/h6-14H,1-5H3/b13-12+. The lowest BCUT2D eigenvalue weighted by molar-refractivity contribution is 0.547. The number of fused-ring (bicyclic) bond motifs is 3. The Morgan fingerprint density at radius 1 is 0.857 bits per heavy atom. The van der Waals surface area contributed by atoms with E-state index < -0.39 is 0 Å². The third kappa shape index (κ3) is 2.44. The van der Waals surface area contributed by atoms with Crippen molar-refractivity contribution in [2.45, 2.75) is 40.0 Å². The smallest absolute Gasteiger partial charge is 0.0159 e. The van der Waals surface area contributed by atoms with Crippen molar-refractivity contribution < 1.29 is 0 Å². The topological polar surface area (TPSA) is 0 Å². The van der Waals surface area contributed by atoms with Gasteiger partial charge in [0.15, 0.2) is 0 Å². The van der Waals surface area contributed by atoms with E-state index in [1.165, 1.54) is 27.8 Å². The molecule has 0 amide bonds. The van der Waals surface area contributed by atoms with Crippen LogP contribution in [0.15, 0.2) is 48.5 Å². The van der Waals surface area contributed by atoms with Crippen LogP contribution < -0.4 is 0 Å². The maximum absolute atomic E-state index is 2.36. The van der Waals surface area contributed by atoms with E-state index in [-0.39, 0.29) is 10.8 Å². The summed E-state index contributed by atoms with van der Waals surface area (Å²) in [4.78, 5) is 0. The lowest BCUT2D eigenvalue weighted by atomic mass is 9.82. The van der Waals surface area contributed by atoms with Gasteiger partial charge in [0.05, 0.1) is 0 Å². The van der Waals surface area contributed by atoms with Crippen LogP contribution in [-0.2, 0) is 5.41 Å². The molecule has 0 heterocycles. The van der Waals surface area contributed by atoms with Crippen molar-refractivity contribution in [2.75, 3.05) is 0 Å². The monoisotopic (exact) mass is 276 g/mol. The molecule has 0 heteroatoms. The first kappa shape index (κ1) is 14.1. The van der Waals surface area contributed by atoms with E-state index in [0.29, 0.717) is 0 Å². The normalized spacial score (nSPS) is 16.0. The summed E-state index contributed by atoms with van der Waals surface area (Å²) in [7, 11) is 0. The summed E-state index contributed by atoms with van der Waals surface area (Å²) in [5, 5.41) is 0. The molecule has 3 rings (SSSR count). The number of rotatable bonds is 1. The van der Waals surface area contributed by atoms with Gasteiger partial charge in [0.1, 0.15) is 0 Å². The van der Waals surface area contributed by atoms with E-state index >= 15 is 0 Å². The van der Waals surface area contributed by atoms with Crippen LogP contribution in [0.5, 0.6) is 0 Å². The Hall–Kier alpha value is -1.82. The largest absolute Gasteiger partial charge is 0.0785 e. The Bertz CT molecular complexity index is 709. The van der Waals surface area contributed by atoms with Crippen molar-refractivity contribution in [3.63, 3.8) is 0 Å². The van der Waals surface area contributed by atoms with Gasteiger partial charge in [-0.3, -0.25) is 0 Å². The average Bonchev–Trinajstić information content (AvgIpc) is 2.65. The van der Waals surface area contributed by atoms with Crippen molar-refractivity contribution >= 4 is 6.08 Å². The lowest BCUT2D eigenvalue weighted by Crippen LogP contribution is -2.14. The summed E-state index contributed by atoms with van der Waals surface area (Å²) in [5.41, 5.74) is 7.28. The SMILES string of the molecule is CC(C)(C)/C=C/c1ccc2c(c1)C(C)(C)c1ccccc1-2. The molecule has 0 N–H and O–H groups in total. The molecule has 0 unspecified atom stereocenters. The minimum absolute atomic E-state index is 0.0948. The fraction of sp³-hybridized carbons (Fsp3) is 0.333. The summed E-state index contributed by atoms with van der Waals surface area (Å²) < 4.78 is 0. The molecule has 0 nitrogen and oxygen atoms in total. The Morgan fingerprint density at radius 2 is 1.52 bits per heavy atom. The highest BCUT2D eigenvalue weighted by molar-refractivity contribution is 5.81. The summed E-state index contributed by atoms with van der Waals surface area (Å²) in [6.45, 7) is 11.4. The lowest BCUT2D eigenvalue weighted by Gasteiger charge is -2.21. The number of hydrogen-bond acceptors (Lipinski definition) is 0. The van der Waals surface area contributed by atoms with Crippen LogP contribution >= 0.6 is 0 Å². The predicted octanol–water partition coefficient (Wildman–Crippen LogP) is 6.05. The van der Waals surface area contributed by atoms with Gasteiger partial charge in [-0.2, -0.15) is 0 Å². The molecule has 0 saturated heterocycles. The van der Waals surface area contributed by atoms with Crippen LogP contribution in [-0.4, -0.2) is 0 Å². The van der Waals surface area contributed by atoms with E-state index in [1.54, 1.807) is 0 Å². The minimum atomic E-state index is 0.0948. The molecule has 0 fully saturated rings. The number of benzene rings is 2. The molecule has 0 aliphatic heterocycles. The van der Waals surface area contributed by atoms with Crippen LogP contribution in [0.1, 0.15) is 51.3 Å². The van der Waals surface area contributed by atoms with Crippen molar-refractivity contribution in [1.82, 2.24) is 0 Å². The quantitative estimate of drug-likeness (QED) is 0.594. The van der Waals surface area contributed by atoms with Crippen molar-refractivity contribution in [1.29, 1.82) is 0 Å². The minimum Gasteiger partial charge on any atom is -0.0785 e. The van der Waals surface area contributed by atoms with Gasteiger partial charge in [0.25, 0.3) is 0 Å². The highest BCUT2D eigenvalue weighted by Crippen LogP contribution is 2.48. The molecule has 0 radical (unpaired) electrons. The molecule has 0 atom stereocenters. The van der Waals surface area contributed by atoms with Gasteiger partial charge in [-0.15, -0.1) is 0 Å². The van der Waals surface area contributed by atoms with E-state index in [1.807, 2.05) is 0 Å². The van der Waals surface area contributed by atoms with Crippen LogP contribution in [0.4, 0.5) is 0 Å². The fourth-order valence-corrected chi connectivity index (χ4v) is 3.17. The van der Waals surface area contributed by atoms with Crippen molar-refractivity contribution in [3.8, 4) is 11.1 Å². The third-order valence-electron chi connectivity index (χ3n) is 4.38. The second kappa shape index (κ2) is 4.59. The second-order valence-corrected chi connectivity index (χ2v) is 7.67. The molecule has 0 bridgehead atoms. The summed E-state index contributed by atoms with van der Waals surface area (Å²) in [6.07, 6.45) is 4.53. The maximum atomic E-state index is 2.36. The second-order valence-electron chi connectivity index (χ2n) is 7.67. The van der Waals surface area contributed by atoms with Crippen molar-refractivity contribution in [3.05, 3.63) is 65.2 Å². The molecule has 2 aromatic rings. The summed E-state index contributed by atoms with van der Waals surface area (Å²) in [5.74, 6) is 0. The molecule has 0 saturated carbocycles. The number of hydrogen-bond donors (Lipinski definition) is 0. The molecule has 1 aliphatic carbocycles. The predicted molar refractivity (Wildman–Crippen MR) is 92.5 cm³/mol. The average molecular weight is 276 g/mol. The van der Waals surface area contributed by atoms with Crippen LogP contribution in [0.3, 0.4) is 0 Å². The van der Waals surface area contributed by atoms with Gasteiger partial charge >= 0.3 is 0 Å². The molecule has 108 valence electrons. The highest BCUT2D eigenvalue weighted by atomic mass is 14.4. The first-order chi connectivity index (χ1) is 9.79. The first-order valence-corrected chi connectivity index (χ1v) is 7.73. The molecule has 2 aromatic carbocycles. The zero-order chi connectivity index (χ0) is 15.3. The highest BCUT2D eigenvalue weighted by Gasteiger charge is 2.34. The van der Waals surface area contributed by atoms with E-state index in [9.17, 15) is 0 Å². The van der Waals surface area contributed by atoms with Crippen molar-refractivity contribution in [2.24, 2.45) is 5.41 Å². The van der Waals surface area contributed by atoms with Gasteiger partial charge in [-0.05, 0) is 33.2 Å².